The molecule has 0 aliphatic carbocycles. The van der Waals surface area contributed by atoms with E-state index < -0.39 is 11.2 Å². The molecule has 17 heteroatoms. The Kier molecular flexibility index (Phi) is 18.2. The van der Waals surface area contributed by atoms with Crippen molar-refractivity contribution in [2.45, 2.75) is 102 Å². The maximum atomic E-state index is 10.2. The summed E-state index contributed by atoms with van der Waals surface area (Å²) < 4.78 is 2.19. The number of anilines is 4. The maximum absolute atomic E-state index is 10.2. The van der Waals surface area contributed by atoms with Crippen LogP contribution in [0, 0.1) is 0 Å². The minimum Gasteiger partial charge on any atom is -0.390 e. The van der Waals surface area contributed by atoms with Crippen LogP contribution in [0.2, 0.25) is 0 Å². The van der Waals surface area contributed by atoms with Crippen LogP contribution < -0.4 is 26.6 Å². The molecule has 2 aliphatic heterocycles. The van der Waals surface area contributed by atoms with Gasteiger partial charge in [-0.2, -0.15) is 9.97 Å². The van der Waals surface area contributed by atoms with Gasteiger partial charge in [0.15, 0.2) is 0 Å². The van der Waals surface area contributed by atoms with Gasteiger partial charge in [0.25, 0.3) is 0 Å². The smallest absolute Gasteiger partial charge is 0.246 e. The summed E-state index contributed by atoms with van der Waals surface area (Å²) in [6.45, 7) is 13.8. The fourth-order valence-electron chi connectivity index (χ4n) is 6.72. The van der Waals surface area contributed by atoms with Gasteiger partial charge in [-0.3, -0.25) is 4.90 Å². The van der Waals surface area contributed by atoms with E-state index in [-0.39, 0.29) is 0 Å². The molecule has 6 rings (SSSR count). The Hall–Kier alpha value is -3.61. The van der Waals surface area contributed by atoms with Crippen LogP contribution in [0.25, 0.3) is 0 Å². The number of carbonyl (C=O) groups excluding carboxylic acids is 1. The monoisotopic (exact) mass is 916 g/mol. The number of aromatic amines is 2. The van der Waals surface area contributed by atoms with Gasteiger partial charge in [0, 0.05) is 66.7 Å². The van der Waals surface area contributed by atoms with Crippen molar-refractivity contribution >= 4 is 61.9 Å². The molecular weight excluding hydrogens is 856 g/mol. The first-order valence-corrected chi connectivity index (χ1v) is 21.4. The topological polar surface area (TPSA) is 214 Å². The lowest BCUT2D eigenvalue weighted by molar-refractivity contribution is -0.107. The lowest BCUT2D eigenvalue weighted by Gasteiger charge is -2.42. The van der Waals surface area contributed by atoms with Crippen molar-refractivity contribution in [1.29, 1.82) is 0 Å². The molecule has 0 radical (unpaired) electrons. The summed E-state index contributed by atoms with van der Waals surface area (Å²) in [6, 6.07) is 17.3. The molecule has 2 fully saturated rings. The molecule has 2 unspecified atom stereocenters. The summed E-state index contributed by atoms with van der Waals surface area (Å²) >= 11 is 6.83. The number of halogens is 2. The van der Waals surface area contributed by atoms with Crippen LogP contribution in [0.4, 0.5) is 23.8 Å². The second-order valence-corrected chi connectivity index (χ2v) is 17.9. The number of nitrogen functional groups attached to an aromatic ring is 2. The highest BCUT2D eigenvalue weighted by molar-refractivity contribution is 9.10. The Bertz CT molecular complexity index is 1740. The van der Waals surface area contributed by atoms with Crippen molar-refractivity contribution in [2.75, 3.05) is 67.1 Å². The molecule has 2 atom stereocenters. The number of nitrogens with two attached hydrogens (primary N) is 2. The van der Waals surface area contributed by atoms with Crippen molar-refractivity contribution in [1.82, 2.24) is 40.6 Å². The zero-order valence-corrected chi connectivity index (χ0v) is 37.0. The first kappa shape index (κ1) is 46.1. The standard InChI is InChI=1S/C20H31BrN6O.C11H22N6O.C9H9BrO/c1-20(2,28)10-9-17-14-27(19-23-18(22)24-25-19)13-12-26(17)11-3-4-15-5-7-16(21)8-6-15;1-11(2,18)4-3-8-7-17(6-5-13-8)10-14-9(12)15-16-10;10-9-5-3-8(4-6-9)2-1-7-11/h5-8,17,28H,3-4,9-14H2,1-2H3,(H3,22,23,24,25);8,13,18H,3-7H2,1-2H3,(H3,12,14,15,16);3-7H,1-2H2. The van der Waals surface area contributed by atoms with Gasteiger partial charge in [-0.15, -0.1) is 10.2 Å². The normalized spacial score (nSPS) is 17.7. The molecule has 2 saturated heterocycles. The maximum Gasteiger partial charge on any atom is 0.246 e. The van der Waals surface area contributed by atoms with E-state index in [1.807, 2.05) is 52.0 Å². The van der Waals surface area contributed by atoms with Gasteiger partial charge in [-0.25, -0.2) is 10.2 Å². The molecule has 0 spiro atoms. The van der Waals surface area contributed by atoms with Crippen LogP contribution in [0.3, 0.4) is 0 Å². The highest BCUT2D eigenvalue weighted by Gasteiger charge is 2.30. The van der Waals surface area contributed by atoms with E-state index in [0.29, 0.717) is 42.3 Å². The van der Waals surface area contributed by atoms with Crippen molar-refractivity contribution in [3.63, 3.8) is 0 Å². The van der Waals surface area contributed by atoms with Crippen LogP contribution >= 0.6 is 31.9 Å². The highest BCUT2D eigenvalue weighted by Crippen LogP contribution is 2.23. The third-order valence-electron chi connectivity index (χ3n) is 9.89. The van der Waals surface area contributed by atoms with Crippen LogP contribution in [0.15, 0.2) is 57.5 Å². The summed E-state index contributed by atoms with van der Waals surface area (Å²) in [5, 5.41) is 37.0. The minimum atomic E-state index is -0.652. The predicted molar refractivity (Wildman–Crippen MR) is 235 cm³/mol. The van der Waals surface area contributed by atoms with Gasteiger partial charge in [-0.1, -0.05) is 56.1 Å². The fourth-order valence-corrected chi connectivity index (χ4v) is 7.25. The van der Waals surface area contributed by atoms with Crippen molar-refractivity contribution in [2.24, 2.45) is 0 Å². The van der Waals surface area contributed by atoms with E-state index >= 15 is 0 Å². The Balaban J connectivity index is 0.000000211. The Morgan fingerprint density at radius 1 is 0.772 bits per heavy atom. The van der Waals surface area contributed by atoms with E-state index in [9.17, 15) is 15.0 Å². The minimum absolute atomic E-state index is 0.344. The molecule has 2 aromatic heterocycles. The number of piperazine rings is 2. The van der Waals surface area contributed by atoms with Gasteiger partial charge in [-0.05, 0) is 115 Å². The second kappa shape index (κ2) is 22.5. The largest absolute Gasteiger partial charge is 0.390 e. The molecule has 4 aromatic rings. The van der Waals surface area contributed by atoms with Crippen LogP contribution in [-0.2, 0) is 17.6 Å². The van der Waals surface area contributed by atoms with Gasteiger partial charge in [0.2, 0.25) is 23.8 Å². The number of nitrogens with one attached hydrogen (secondary N) is 3. The molecule has 57 heavy (non-hydrogen) atoms. The molecule has 2 aliphatic rings. The molecule has 4 heterocycles. The second-order valence-electron chi connectivity index (χ2n) is 16.0. The molecule has 0 saturated carbocycles. The Morgan fingerprint density at radius 3 is 1.81 bits per heavy atom. The summed E-state index contributed by atoms with van der Waals surface area (Å²) in [6.07, 6.45) is 8.01. The van der Waals surface area contributed by atoms with Crippen molar-refractivity contribution in [3.05, 3.63) is 68.6 Å². The van der Waals surface area contributed by atoms with Gasteiger partial charge in [0.05, 0.1) is 11.2 Å². The Morgan fingerprint density at radius 2 is 1.30 bits per heavy atom. The van der Waals surface area contributed by atoms with Gasteiger partial charge in [0.1, 0.15) is 6.29 Å². The summed E-state index contributed by atoms with van der Waals surface area (Å²) in [5.74, 6) is 2.01. The number of aryl methyl sites for hydroxylation is 2. The number of hydrogen-bond acceptors (Lipinski definition) is 13. The lowest BCUT2D eigenvalue weighted by Crippen LogP contribution is -2.54. The molecule has 314 valence electrons. The fraction of sp³-hybridized carbons (Fsp3) is 0.575. The van der Waals surface area contributed by atoms with Gasteiger partial charge >= 0.3 is 0 Å². The first-order chi connectivity index (χ1) is 27.1. The average Bonchev–Trinajstić information content (AvgIpc) is 3.82. The summed E-state index contributed by atoms with van der Waals surface area (Å²) in [5.41, 5.74) is 12.5. The van der Waals surface area contributed by atoms with Crippen LogP contribution in [0.5, 0.6) is 0 Å². The van der Waals surface area contributed by atoms with Crippen molar-refractivity contribution in [3.8, 4) is 0 Å². The van der Waals surface area contributed by atoms with E-state index in [1.54, 1.807) is 0 Å². The van der Waals surface area contributed by atoms with Gasteiger partial charge < -0.3 is 41.6 Å². The molecule has 2 aromatic carbocycles. The SMILES string of the molecule is CC(C)(O)CCC1CN(c2n[nH]c(N)n2)CCN1.CC(C)(O)CCC1CN(c2n[nH]c(N)n2)CCN1CCCc1ccc(Br)cc1.O=CCCc1ccc(Br)cc1. The lowest BCUT2D eigenvalue weighted by atomic mass is 9.96. The van der Waals surface area contributed by atoms with E-state index in [4.69, 9.17) is 11.5 Å². The molecule has 0 amide bonds. The summed E-state index contributed by atoms with van der Waals surface area (Å²) in [7, 11) is 0. The number of rotatable bonds is 15. The number of H-pyrrole nitrogens is 2. The number of benzene rings is 2. The molecular formula is C40H62Br2N12O3. The number of carbonyl (C=O) groups is 1. The average molecular weight is 919 g/mol. The molecule has 0 bridgehead atoms. The molecule has 9 N–H and O–H groups in total. The summed E-state index contributed by atoms with van der Waals surface area (Å²) in [4.78, 5) is 25.3. The van der Waals surface area contributed by atoms with Crippen LogP contribution in [-0.4, -0.2) is 121 Å². The zero-order valence-electron chi connectivity index (χ0n) is 33.8. The number of hydrogen-bond donors (Lipinski definition) is 7. The zero-order chi connectivity index (χ0) is 41.4. The highest BCUT2D eigenvalue weighted by atomic mass is 79.9. The van der Waals surface area contributed by atoms with E-state index in [1.165, 1.54) is 11.1 Å². The predicted octanol–water partition coefficient (Wildman–Crippen LogP) is 5.12. The quantitative estimate of drug-likeness (QED) is 0.0773. The Labute approximate surface area is 354 Å². The first-order valence-electron chi connectivity index (χ1n) is 19.8. The number of aliphatic hydroxyl groups is 2. The third-order valence-corrected chi connectivity index (χ3v) is 10.9. The van der Waals surface area contributed by atoms with Crippen molar-refractivity contribution < 1.29 is 15.0 Å². The third kappa shape index (κ3) is 17.4. The number of nitrogens with zero attached hydrogens (tertiary/aromatic N) is 7. The van der Waals surface area contributed by atoms with E-state index in [0.717, 1.165) is 106 Å². The number of aromatic nitrogens is 6. The number of aldehydes is 1. The van der Waals surface area contributed by atoms with Crippen LogP contribution in [0.1, 0.15) is 77.3 Å². The van der Waals surface area contributed by atoms with E-state index in [2.05, 4.69) is 107 Å². The molecule has 15 nitrogen and oxygen atoms in total.